The molecule has 0 radical (unpaired) electrons. The Labute approximate surface area is 137 Å². The second kappa shape index (κ2) is 8.66. The fourth-order valence-corrected chi connectivity index (χ4v) is 2.42. The minimum Gasteiger partial charge on any atom is -0.493 e. The summed E-state index contributed by atoms with van der Waals surface area (Å²) in [6, 6.07) is 13.6. The van der Waals surface area contributed by atoms with Crippen molar-refractivity contribution in [2.75, 3.05) is 13.7 Å². The standard InChI is InChI=1S/C18H22ClNO2/c1-3-10-20-12-15-7-5-9-17(21-2)18(15)22-13-14-6-4-8-16(19)11-14/h4-9,11,20H,3,10,12-13H2,1-2H3. The Bertz CT molecular complexity index is 601. The van der Waals surface area contributed by atoms with E-state index in [9.17, 15) is 0 Å². The smallest absolute Gasteiger partial charge is 0.166 e. The average molecular weight is 320 g/mol. The molecule has 0 heterocycles. The Balaban J connectivity index is 2.13. The van der Waals surface area contributed by atoms with Gasteiger partial charge in [0.2, 0.25) is 0 Å². The predicted molar refractivity (Wildman–Crippen MR) is 90.8 cm³/mol. The van der Waals surface area contributed by atoms with Crippen LogP contribution in [0.25, 0.3) is 0 Å². The van der Waals surface area contributed by atoms with E-state index >= 15 is 0 Å². The molecule has 0 unspecified atom stereocenters. The summed E-state index contributed by atoms with van der Waals surface area (Å²) in [5.41, 5.74) is 2.13. The van der Waals surface area contributed by atoms with E-state index in [1.807, 2.05) is 36.4 Å². The summed E-state index contributed by atoms with van der Waals surface area (Å²) < 4.78 is 11.4. The largest absolute Gasteiger partial charge is 0.493 e. The van der Waals surface area contributed by atoms with Crippen molar-refractivity contribution in [2.24, 2.45) is 0 Å². The van der Waals surface area contributed by atoms with Gasteiger partial charge in [0, 0.05) is 17.1 Å². The van der Waals surface area contributed by atoms with Crippen molar-refractivity contribution >= 4 is 11.6 Å². The molecule has 0 aromatic heterocycles. The Morgan fingerprint density at radius 1 is 1.14 bits per heavy atom. The zero-order chi connectivity index (χ0) is 15.8. The number of methoxy groups -OCH3 is 1. The Kier molecular flexibility index (Phi) is 6.56. The Hall–Kier alpha value is -1.71. The molecule has 0 fully saturated rings. The maximum atomic E-state index is 6.01. The average Bonchev–Trinajstić information content (AvgIpc) is 2.53. The highest BCUT2D eigenvalue weighted by molar-refractivity contribution is 6.30. The van der Waals surface area contributed by atoms with E-state index in [0.717, 1.165) is 42.1 Å². The van der Waals surface area contributed by atoms with Gasteiger partial charge in [0.15, 0.2) is 11.5 Å². The molecule has 0 atom stereocenters. The zero-order valence-electron chi connectivity index (χ0n) is 13.1. The van der Waals surface area contributed by atoms with Gasteiger partial charge in [-0.3, -0.25) is 0 Å². The van der Waals surface area contributed by atoms with E-state index in [1.54, 1.807) is 7.11 Å². The van der Waals surface area contributed by atoms with Gasteiger partial charge in [-0.1, -0.05) is 42.8 Å². The number of hydrogen-bond donors (Lipinski definition) is 1. The minimum atomic E-state index is 0.460. The summed E-state index contributed by atoms with van der Waals surface area (Å²) >= 11 is 6.01. The van der Waals surface area contributed by atoms with Gasteiger partial charge in [-0.2, -0.15) is 0 Å². The molecule has 0 saturated heterocycles. The van der Waals surface area contributed by atoms with Crippen LogP contribution in [0.1, 0.15) is 24.5 Å². The highest BCUT2D eigenvalue weighted by atomic mass is 35.5. The third kappa shape index (κ3) is 4.65. The topological polar surface area (TPSA) is 30.5 Å². The molecule has 118 valence electrons. The van der Waals surface area contributed by atoms with E-state index in [-0.39, 0.29) is 0 Å². The van der Waals surface area contributed by atoms with Crippen molar-refractivity contribution in [3.8, 4) is 11.5 Å². The molecule has 2 aromatic rings. The number of nitrogens with one attached hydrogen (secondary N) is 1. The van der Waals surface area contributed by atoms with Crippen LogP contribution in [0.15, 0.2) is 42.5 Å². The minimum absolute atomic E-state index is 0.460. The number of benzene rings is 2. The van der Waals surface area contributed by atoms with Crippen molar-refractivity contribution in [1.29, 1.82) is 0 Å². The monoisotopic (exact) mass is 319 g/mol. The Morgan fingerprint density at radius 3 is 2.68 bits per heavy atom. The number of para-hydroxylation sites is 1. The first kappa shape index (κ1) is 16.7. The fraction of sp³-hybridized carbons (Fsp3) is 0.333. The van der Waals surface area contributed by atoms with Crippen LogP contribution in [0.5, 0.6) is 11.5 Å². The molecule has 0 bridgehead atoms. The third-order valence-corrected chi connectivity index (χ3v) is 3.53. The van der Waals surface area contributed by atoms with Gasteiger partial charge in [-0.05, 0) is 36.7 Å². The second-order valence-corrected chi connectivity index (χ2v) is 5.48. The van der Waals surface area contributed by atoms with Gasteiger partial charge in [-0.15, -0.1) is 0 Å². The van der Waals surface area contributed by atoms with Crippen LogP contribution in [0.2, 0.25) is 5.02 Å². The van der Waals surface area contributed by atoms with Crippen LogP contribution < -0.4 is 14.8 Å². The summed E-state index contributed by atoms with van der Waals surface area (Å²) in [7, 11) is 1.66. The van der Waals surface area contributed by atoms with Crippen molar-refractivity contribution in [3.05, 3.63) is 58.6 Å². The van der Waals surface area contributed by atoms with E-state index in [0.29, 0.717) is 11.6 Å². The molecule has 0 aliphatic carbocycles. The lowest BCUT2D eigenvalue weighted by Gasteiger charge is -2.15. The lowest BCUT2D eigenvalue weighted by atomic mass is 10.1. The highest BCUT2D eigenvalue weighted by Gasteiger charge is 2.10. The van der Waals surface area contributed by atoms with Gasteiger partial charge in [0.05, 0.1) is 7.11 Å². The Morgan fingerprint density at radius 2 is 1.95 bits per heavy atom. The van der Waals surface area contributed by atoms with Crippen LogP contribution in [0.4, 0.5) is 0 Å². The molecule has 1 N–H and O–H groups in total. The number of ether oxygens (including phenoxy) is 2. The maximum absolute atomic E-state index is 6.01. The lowest BCUT2D eigenvalue weighted by molar-refractivity contribution is 0.280. The number of halogens is 1. The maximum Gasteiger partial charge on any atom is 0.166 e. The van der Waals surface area contributed by atoms with E-state index < -0.39 is 0 Å². The zero-order valence-corrected chi connectivity index (χ0v) is 13.8. The SMILES string of the molecule is CCCNCc1cccc(OC)c1OCc1cccc(Cl)c1. The predicted octanol–water partition coefficient (Wildman–Crippen LogP) is 4.43. The first-order valence-electron chi connectivity index (χ1n) is 7.48. The summed E-state index contributed by atoms with van der Waals surface area (Å²) in [4.78, 5) is 0. The first-order valence-corrected chi connectivity index (χ1v) is 7.86. The van der Waals surface area contributed by atoms with Gasteiger partial charge in [0.1, 0.15) is 6.61 Å². The van der Waals surface area contributed by atoms with Crippen LogP contribution in [0, 0.1) is 0 Å². The van der Waals surface area contributed by atoms with E-state index in [2.05, 4.69) is 18.3 Å². The van der Waals surface area contributed by atoms with Crippen LogP contribution in [-0.2, 0) is 13.2 Å². The lowest BCUT2D eigenvalue weighted by Crippen LogP contribution is -2.15. The molecule has 2 rings (SSSR count). The molecule has 0 aliphatic rings. The molecule has 4 heteroatoms. The fourth-order valence-electron chi connectivity index (χ4n) is 2.21. The summed E-state index contributed by atoms with van der Waals surface area (Å²) in [6.07, 6.45) is 1.10. The van der Waals surface area contributed by atoms with Crippen molar-refractivity contribution in [3.63, 3.8) is 0 Å². The quantitative estimate of drug-likeness (QED) is 0.730. The van der Waals surface area contributed by atoms with Gasteiger partial charge in [0.25, 0.3) is 0 Å². The van der Waals surface area contributed by atoms with Gasteiger partial charge < -0.3 is 14.8 Å². The molecule has 3 nitrogen and oxygen atoms in total. The highest BCUT2D eigenvalue weighted by Crippen LogP contribution is 2.32. The molecule has 0 spiro atoms. The molecule has 0 aliphatic heterocycles. The van der Waals surface area contributed by atoms with Crippen molar-refractivity contribution in [1.82, 2.24) is 5.32 Å². The summed E-state index contributed by atoms with van der Waals surface area (Å²) in [5, 5.41) is 4.11. The third-order valence-electron chi connectivity index (χ3n) is 3.29. The molecule has 0 saturated carbocycles. The first-order chi connectivity index (χ1) is 10.7. The van der Waals surface area contributed by atoms with E-state index in [1.165, 1.54) is 0 Å². The van der Waals surface area contributed by atoms with Gasteiger partial charge in [-0.25, -0.2) is 0 Å². The van der Waals surface area contributed by atoms with Crippen LogP contribution in [0.3, 0.4) is 0 Å². The van der Waals surface area contributed by atoms with E-state index in [4.69, 9.17) is 21.1 Å². The number of rotatable bonds is 8. The van der Waals surface area contributed by atoms with Crippen molar-refractivity contribution in [2.45, 2.75) is 26.5 Å². The molecule has 2 aromatic carbocycles. The molecule has 22 heavy (non-hydrogen) atoms. The van der Waals surface area contributed by atoms with Crippen LogP contribution >= 0.6 is 11.6 Å². The summed E-state index contributed by atoms with van der Waals surface area (Å²) in [5.74, 6) is 1.53. The summed E-state index contributed by atoms with van der Waals surface area (Å²) in [6.45, 7) is 4.34. The molecule has 0 amide bonds. The second-order valence-electron chi connectivity index (χ2n) is 5.04. The van der Waals surface area contributed by atoms with Gasteiger partial charge >= 0.3 is 0 Å². The number of hydrogen-bond acceptors (Lipinski definition) is 3. The molecular weight excluding hydrogens is 298 g/mol. The normalized spacial score (nSPS) is 10.5. The molecular formula is C18H22ClNO2. The van der Waals surface area contributed by atoms with Crippen molar-refractivity contribution < 1.29 is 9.47 Å². The van der Waals surface area contributed by atoms with Crippen LogP contribution in [-0.4, -0.2) is 13.7 Å².